The molecule has 1 fully saturated rings. The summed E-state index contributed by atoms with van der Waals surface area (Å²) >= 11 is 0. The van der Waals surface area contributed by atoms with Gasteiger partial charge in [-0.2, -0.15) is 13.5 Å². The fraction of sp³-hybridized carbons (Fsp3) is 0.208. The lowest BCUT2D eigenvalue weighted by Gasteiger charge is -2.28. The highest BCUT2D eigenvalue weighted by Gasteiger charge is 2.48. The Kier molecular flexibility index (Phi) is 5.68. The van der Waals surface area contributed by atoms with Gasteiger partial charge in [0.15, 0.2) is 0 Å². The van der Waals surface area contributed by atoms with Gasteiger partial charge in [-0.3, -0.25) is 4.68 Å². The minimum Gasteiger partial charge on any atom is -0.339 e. The van der Waals surface area contributed by atoms with Crippen molar-refractivity contribution in [2.75, 3.05) is 6.61 Å². The van der Waals surface area contributed by atoms with Crippen LogP contribution in [-0.4, -0.2) is 31.1 Å². The van der Waals surface area contributed by atoms with Gasteiger partial charge in [0.25, 0.3) is 10.1 Å². The van der Waals surface area contributed by atoms with Crippen molar-refractivity contribution in [3.63, 3.8) is 0 Å². The topological polar surface area (TPSA) is 79.7 Å². The van der Waals surface area contributed by atoms with Gasteiger partial charge >= 0.3 is 0 Å². The molecule has 0 saturated carbocycles. The van der Waals surface area contributed by atoms with E-state index >= 15 is 0 Å². The lowest BCUT2D eigenvalue weighted by Crippen LogP contribution is -2.35. The summed E-state index contributed by atoms with van der Waals surface area (Å²) in [6.45, 7) is 1.28. The van der Waals surface area contributed by atoms with Crippen molar-refractivity contribution in [2.45, 2.75) is 30.4 Å². The summed E-state index contributed by atoms with van der Waals surface area (Å²) in [5, 5.41) is 5.75. The molecule has 0 spiro atoms. The van der Waals surface area contributed by atoms with Gasteiger partial charge in [0.2, 0.25) is 12.1 Å². The maximum atomic E-state index is 14.7. The molecule has 0 bridgehead atoms. The zero-order valence-electron chi connectivity index (χ0n) is 18.0. The summed E-state index contributed by atoms with van der Waals surface area (Å²) in [5.74, 6) is -3.45. The summed E-state index contributed by atoms with van der Waals surface area (Å²) in [6.07, 6.45) is 1.76. The molecule has 1 aliphatic rings. The highest BCUT2D eigenvalue weighted by atomic mass is 32.2. The average Bonchev–Trinajstić information content (AvgIpc) is 3.44. The number of fused-ring (bicyclic) bond motifs is 1. The molecule has 2 heterocycles. The minimum atomic E-state index is -4.26. The molecule has 5 rings (SSSR count). The van der Waals surface area contributed by atoms with Crippen LogP contribution in [0.3, 0.4) is 0 Å². The number of aryl methyl sites for hydroxylation is 1. The second-order valence-electron chi connectivity index (χ2n) is 7.90. The number of halogens is 2. The smallest absolute Gasteiger partial charge is 0.299 e. The molecule has 0 aliphatic carbocycles. The van der Waals surface area contributed by atoms with Crippen LogP contribution in [0.2, 0.25) is 0 Å². The molecule has 0 amide bonds. The van der Waals surface area contributed by atoms with Crippen LogP contribution in [-0.2, 0) is 36.1 Å². The summed E-state index contributed by atoms with van der Waals surface area (Å²) in [7, 11) is -4.26. The Morgan fingerprint density at radius 3 is 2.74 bits per heavy atom. The van der Waals surface area contributed by atoms with Crippen molar-refractivity contribution in [1.82, 2.24) is 9.78 Å². The number of nitrogens with zero attached hydrogens (tertiary/aromatic N) is 2. The molecule has 0 unspecified atom stereocenters. The second-order valence-corrected chi connectivity index (χ2v) is 9.44. The van der Waals surface area contributed by atoms with E-state index in [4.69, 9.17) is 13.7 Å². The fourth-order valence-electron chi connectivity index (χ4n) is 4.12. The van der Waals surface area contributed by atoms with E-state index in [0.29, 0.717) is 11.6 Å². The van der Waals surface area contributed by atoms with E-state index in [1.807, 2.05) is 24.3 Å². The highest BCUT2D eigenvalue weighted by Crippen LogP contribution is 2.39. The van der Waals surface area contributed by atoms with Gasteiger partial charge in [0, 0.05) is 24.0 Å². The Bertz CT molecular complexity index is 1460. The SMILES string of the molecule is Cc1c(S(=O)(=O)O[C@@H]2CO[C@@](Cn3cccn3)(c3ccc(F)cc3F)O2)ccc2ccccc12. The second kappa shape index (κ2) is 8.55. The number of benzene rings is 3. The number of hydrogen-bond acceptors (Lipinski definition) is 6. The van der Waals surface area contributed by atoms with Crippen LogP contribution in [0.4, 0.5) is 8.78 Å². The van der Waals surface area contributed by atoms with Crippen LogP contribution >= 0.6 is 0 Å². The molecular formula is C24H20F2N2O5S. The average molecular weight is 486 g/mol. The van der Waals surface area contributed by atoms with Gasteiger partial charge in [-0.25, -0.2) is 13.0 Å². The number of ether oxygens (including phenoxy) is 2. The van der Waals surface area contributed by atoms with Crippen LogP contribution in [0.5, 0.6) is 0 Å². The van der Waals surface area contributed by atoms with E-state index < -0.39 is 33.8 Å². The van der Waals surface area contributed by atoms with Gasteiger partial charge in [-0.15, -0.1) is 0 Å². The van der Waals surface area contributed by atoms with E-state index in [0.717, 1.165) is 16.8 Å². The molecule has 1 aliphatic heterocycles. The van der Waals surface area contributed by atoms with Crippen molar-refractivity contribution in [3.8, 4) is 0 Å². The van der Waals surface area contributed by atoms with Gasteiger partial charge in [-0.05, 0) is 47.5 Å². The van der Waals surface area contributed by atoms with Gasteiger partial charge < -0.3 is 9.47 Å². The molecule has 7 nitrogen and oxygen atoms in total. The molecule has 176 valence electrons. The Morgan fingerprint density at radius 1 is 1.15 bits per heavy atom. The van der Waals surface area contributed by atoms with E-state index in [9.17, 15) is 17.2 Å². The van der Waals surface area contributed by atoms with Crippen molar-refractivity contribution in [2.24, 2.45) is 0 Å². The Balaban J connectivity index is 1.46. The highest BCUT2D eigenvalue weighted by molar-refractivity contribution is 7.86. The summed E-state index contributed by atoms with van der Waals surface area (Å²) in [5.41, 5.74) is 0.430. The van der Waals surface area contributed by atoms with Gasteiger partial charge in [0.05, 0.1) is 11.4 Å². The zero-order valence-corrected chi connectivity index (χ0v) is 18.8. The Labute approximate surface area is 194 Å². The maximum Gasteiger partial charge on any atom is 0.299 e. The van der Waals surface area contributed by atoms with Crippen LogP contribution < -0.4 is 0 Å². The molecule has 4 aromatic rings. The zero-order chi connectivity index (χ0) is 23.9. The largest absolute Gasteiger partial charge is 0.339 e. The van der Waals surface area contributed by atoms with E-state index in [1.54, 1.807) is 25.3 Å². The Hall–Kier alpha value is -3.18. The van der Waals surface area contributed by atoms with Crippen molar-refractivity contribution >= 4 is 20.9 Å². The first-order valence-electron chi connectivity index (χ1n) is 10.4. The first-order chi connectivity index (χ1) is 16.3. The van der Waals surface area contributed by atoms with Crippen LogP contribution in [0.15, 0.2) is 78.0 Å². The standard InChI is InChI=1S/C24H20F2N2O5S/c1-16-19-6-3-2-5-17(19)7-10-22(16)34(29,30)33-23-14-31-24(32-23,15-28-12-4-11-27-28)20-9-8-18(25)13-21(20)26/h2-13,23H,14-15H2,1H3/t23-,24-/m1/s1. The van der Waals surface area contributed by atoms with Crippen LogP contribution in [0, 0.1) is 18.6 Å². The molecule has 0 radical (unpaired) electrons. The molecule has 10 heteroatoms. The fourth-order valence-corrected chi connectivity index (χ4v) is 5.32. The first-order valence-corrected chi connectivity index (χ1v) is 11.8. The molecule has 1 saturated heterocycles. The molecular weight excluding hydrogens is 466 g/mol. The summed E-state index contributed by atoms with van der Waals surface area (Å²) in [4.78, 5) is -0.00709. The molecule has 34 heavy (non-hydrogen) atoms. The molecule has 0 N–H and O–H groups in total. The summed E-state index contributed by atoms with van der Waals surface area (Å²) < 4.78 is 73.0. The van der Waals surface area contributed by atoms with Crippen molar-refractivity contribution in [3.05, 3.63) is 95.8 Å². The lowest BCUT2D eigenvalue weighted by molar-refractivity contribution is -0.211. The normalized spacial score (nSPS) is 20.7. The maximum absolute atomic E-state index is 14.7. The predicted octanol–water partition coefficient (Wildman–Crippen LogP) is 4.25. The van der Waals surface area contributed by atoms with E-state index in [1.165, 1.54) is 23.0 Å². The minimum absolute atomic E-state index is 0.00709. The number of aromatic nitrogens is 2. The van der Waals surface area contributed by atoms with Crippen LogP contribution in [0.25, 0.3) is 10.8 Å². The van der Waals surface area contributed by atoms with Gasteiger partial charge in [0.1, 0.15) is 18.2 Å². The third-order valence-electron chi connectivity index (χ3n) is 5.70. The summed E-state index contributed by atoms with van der Waals surface area (Å²) in [6, 6.07) is 15.2. The molecule has 1 aromatic heterocycles. The number of rotatable bonds is 6. The Morgan fingerprint density at radius 2 is 1.97 bits per heavy atom. The predicted molar refractivity (Wildman–Crippen MR) is 118 cm³/mol. The monoisotopic (exact) mass is 486 g/mol. The molecule has 3 aromatic carbocycles. The molecule has 2 atom stereocenters. The number of hydrogen-bond donors (Lipinski definition) is 0. The van der Waals surface area contributed by atoms with E-state index in [-0.39, 0.29) is 23.6 Å². The third kappa shape index (κ3) is 4.09. The quantitative estimate of drug-likeness (QED) is 0.379. The van der Waals surface area contributed by atoms with Crippen molar-refractivity contribution < 1.29 is 30.9 Å². The van der Waals surface area contributed by atoms with Crippen LogP contribution in [0.1, 0.15) is 11.1 Å². The van der Waals surface area contributed by atoms with Gasteiger partial charge in [-0.1, -0.05) is 30.3 Å². The third-order valence-corrected chi connectivity index (χ3v) is 7.15. The van der Waals surface area contributed by atoms with E-state index in [2.05, 4.69) is 5.10 Å². The van der Waals surface area contributed by atoms with Crippen molar-refractivity contribution in [1.29, 1.82) is 0 Å². The first kappa shape index (κ1) is 22.6. The lowest BCUT2D eigenvalue weighted by atomic mass is 10.0.